The van der Waals surface area contributed by atoms with Crippen LogP contribution in [0.15, 0.2) is 24.3 Å². The molecule has 116 valence electrons. The summed E-state index contributed by atoms with van der Waals surface area (Å²) >= 11 is 0. The van der Waals surface area contributed by atoms with Crippen LogP contribution >= 0.6 is 0 Å². The van der Waals surface area contributed by atoms with E-state index >= 15 is 0 Å². The molecule has 0 amide bonds. The molecule has 0 aliphatic rings. The van der Waals surface area contributed by atoms with Gasteiger partial charge in [0.1, 0.15) is 0 Å². The number of rotatable bonds is 12. The molecule has 0 nitrogen and oxygen atoms in total. The van der Waals surface area contributed by atoms with Crippen LogP contribution in [0.5, 0.6) is 0 Å². The van der Waals surface area contributed by atoms with E-state index in [0.717, 1.165) is 0 Å². The average molecular weight is 298 g/mol. The minimum atomic E-state index is 0. The van der Waals surface area contributed by atoms with Crippen LogP contribution in [0.3, 0.4) is 0 Å². The molecule has 0 aromatic heterocycles. The zero-order chi connectivity index (χ0) is 14.5. The van der Waals surface area contributed by atoms with Crippen molar-refractivity contribution in [1.29, 1.82) is 0 Å². The quantitative estimate of drug-likeness (QED) is 0.318. The monoisotopic (exact) mass is 298 g/mol. The van der Waals surface area contributed by atoms with E-state index in [9.17, 15) is 0 Å². The first-order valence-electron chi connectivity index (χ1n) is 8.89. The maximum absolute atomic E-state index is 2.29. The van der Waals surface area contributed by atoms with E-state index in [-0.39, 0.29) is 29.6 Å². The van der Waals surface area contributed by atoms with Crippen LogP contribution in [0.1, 0.15) is 88.7 Å². The summed E-state index contributed by atoms with van der Waals surface area (Å²) in [5.41, 5.74) is 3.00. The first-order chi connectivity index (χ1) is 9.84. The van der Waals surface area contributed by atoms with E-state index < -0.39 is 0 Å². The van der Waals surface area contributed by atoms with Crippen molar-refractivity contribution >= 4 is 29.6 Å². The molecule has 1 rings (SSSR count). The van der Waals surface area contributed by atoms with Gasteiger partial charge in [-0.15, -0.1) is 0 Å². The molecule has 0 aliphatic carbocycles. The Balaban J connectivity index is 0.00000400. The molecule has 0 spiro atoms. The molecule has 0 atom stereocenters. The van der Waals surface area contributed by atoms with Crippen molar-refractivity contribution in [2.45, 2.75) is 90.9 Å². The molecule has 21 heavy (non-hydrogen) atoms. The Bertz CT molecular complexity index is 332. The first kappa shape index (κ1) is 21.2. The van der Waals surface area contributed by atoms with Crippen molar-refractivity contribution < 1.29 is 0 Å². The van der Waals surface area contributed by atoms with Gasteiger partial charge in [-0.3, -0.25) is 0 Å². The van der Waals surface area contributed by atoms with Crippen LogP contribution in [0, 0.1) is 6.92 Å². The van der Waals surface area contributed by atoms with Crippen molar-refractivity contribution in [1.82, 2.24) is 0 Å². The van der Waals surface area contributed by atoms with Crippen molar-refractivity contribution in [2.75, 3.05) is 0 Å². The molecule has 0 bridgehead atoms. The van der Waals surface area contributed by atoms with E-state index in [1.807, 2.05) is 0 Å². The van der Waals surface area contributed by atoms with E-state index in [4.69, 9.17) is 0 Å². The Labute approximate surface area is 155 Å². The van der Waals surface area contributed by atoms with Crippen molar-refractivity contribution in [3.05, 3.63) is 35.4 Å². The summed E-state index contributed by atoms with van der Waals surface area (Å²) in [6.45, 7) is 4.52. The van der Waals surface area contributed by atoms with Crippen LogP contribution in [-0.4, -0.2) is 29.6 Å². The topological polar surface area (TPSA) is 0 Å². The van der Waals surface area contributed by atoms with Gasteiger partial charge in [-0.05, 0) is 30.9 Å². The summed E-state index contributed by atoms with van der Waals surface area (Å²) in [5.74, 6) is 0. The Hall–Kier alpha value is 0.220. The third-order valence-electron chi connectivity index (χ3n) is 4.31. The minimum absolute atomic E-state index is 0. The van der Waals surface area contributed by atoms with Gasteiger partial charge in [0.25, 0.3) is 0 Å². The third kappa shape index (κ3) is 11.4. The fraction of sp³-hybridized carbons (Fsp3) is 0.700. The van der Waals surface area contributed by atoms with Crippen LogP contribution in [-0.2, 0) is 6.42 Å². The Morgan fingerprint density at radius 3 is 1.67 bits per heavy atom. The predicted octanol–water partition coefficient (Wildman–Crippen LogP) is 6.20. The molecule has 1 aromatic carbocycles. The van der Waals surface area contributed by atoms with Gasteiger partial charge in [-0.1, -0.05) is 95.4 Å². The van der Waals surface area contributed by atoms with Crippen LogP contribution in [0.4, 0.5) is 0 Å². The molecular weight excluding hydrogens is 263 g/mol. The van der Waals surface area contributed by atoms with Gasteiger partial charge in [-0.25, -0.2) is 0 Å². The fourth-order valence-electron chi connectivity index (χ4n) is 2.87. The Morgan fingerprint density at radius 2 is 1.14 bits per heavy atom. The second kappa shape index (κ2) is 15.1. The molecule has 1 heteroatoms. The molecule has 0 aliphatic heterocycles. The van der Waals surface area contributed by atoms with Gasteiger partial charge in [0.2, 0.25) is 0 Å². The second-order valence-corrected chi connectivity index (χ2v) is 6.21. The first-order valence-corrected chi connectivity index (χ1v) is 8.89. The van der Waals surface area contributed by atoms with Gasteiger partial charge in [0.15, 0.2) is 0 Å². The van der Waals surface area contributed by atoms with Gasteiger partial charge in [0.05, 0.1) is 0 Å². The fourth-order valence-corrected chi connectivity index (χ4v) is 2.87. The number of aryl methyl sites for hydroxylation is 2. The van der Waals surface area contributed by atoms with Crippen molar-refractivity contribution in [3.63, 3.8) is 0 Å². The number of hydrogen-bond acceptors (Lipinski definition) is 0. The molecule has 0 fully saturated rings. The zero-order valence-corrected chi connectivity index (χ0v) is 13.8. The van der Waals surface area contributed by atoms with E-state index in [1.165, 1.54) is 82.6 Å². The standard InChI is InChI=1S/C20H34.Na.H/c1-3-4-5-6-7-8-9-10-11-12-13-17-20-18-15-14-16-19(20)2;;/h14-16,18H,3-13,17H2,1-2H3;;. The van der Waals surface area contributed by atoms with Gasteiger partial charge in [0, 0.05) is 0 Å². The summed E-state index contributed by atoms with van der Waals surface area (Å²) in [6.07, 6.45) is 17.0. The SMILES string of the molecule is CCCCCCCCCCCCCc1ccccc1C.[NaH]. The Morgan fingerprint density at radius 1 is 0.667 bits per heavy atom. The van der Waals surface area contributed by atoms with Crippen LogP contribution in [0.25, 0.3) is 0 Å². The van der Waals surface area contributed by atoms with E-state index in [1.54, 1.807) is 5.56 Å². The van der Waals surface area contributed by atoms with Gasteiger partial charge >= 0.3 is 29.6 Å². The van der Waals surface area contributed by atoms with E-state index in [2.05, 4.69) is 38.1 Å². The summed E-state index contributed by atoms with van der Waals surface area (Å²) < 4.78 is 0. The molecule has 0 saturated heterocycles. The van der Waals surface area contributed by atoms with Crippen molar-refractivity contribution in [3.8, 4) is 0 Å². The summed E-state index contributed by atoms with van der Waals surface area (Å²) in [5, 5.41) is 0. The zero-order valence-electron chi connectivity index (χ0n) is 13.8. The normalized spacial score (nSPS) is 10.4. The summed E-state index contributed by atoms with van der Waals surface area (Å²) in [4.78, 5) is 0. The average Bonchev–Trinajstić information content (AvgIpc) is 2.46. The molecule has 0 radical (unpaired) electrons. The number of unbranched alkanes of at least 4 members (excludes halogenated alkanes) is 10. The Kier molecular flexibility index (Phi) is 15.3. The molecule has 0 heterocycles. The summed E-state index contributed by atoms with van der Waals surface area (Å²) in [6, 6.07) is 8.82. The van der Waals surface area contributed by atoms with Gasteiger partial charge < -0.3 is 0 Å². The third-order valence-corrected chi connectivity index (χ3v) is 4.31. The van der Waals surface area contributed by atoms with Gasteiger partial charge in [-0.2, -0.15) is 0 Å². The van der Waals surface area contributed by atoms with Crippen molar-refractivity contribution in [2.24, 2.45) is 0 Å². The molecular formula is C20H35Na. The maximum atomic E-state index is 2.29. The molecule has 0 N–H and O–H groups in total. The molecule has 1 aromatic rings. The number of hydrogen-bond donors (Lipinski definition) is 0. The molecule has 0 unspecified atom stereocenters. The molecule has 0 saturated carbocycles. The summed E-state index contributed by atoms with van der Waals surface area (Å²) in [7, 11) is 0. The van der Waals surface area contributed by atoms with E-state index in [0.29, 0.717) is 0 Å². The predicted molar refractivity (Wildman–Crippen MR) is 98.5 cm³/mol. The van der Waals surface area contributed by atoms with Crippen LogP contribution < -0.4 is 0 Å². The van der Waals surface area contributed by atoms with Crippen LogP contribution in [0.2, 0.25) is 0 Å². The second-order valence-electron chi connectivity index (χ2n) is 6.21. The number of benzene rings is 1.